The fourth-order valence-electron chi connectivity index (χ4n) is 0.826. The zero-order valence-electron chi connectivity index (χ0n) is 9.11. The first-order valence-electron chi connectivity index (χ1n) is 4.58. The summed E-state index contributed by atoms with van der Waals surface area (Å²) in [6.45, 7) is 3.46. The number of rotatable bonds is 3. The highest BCUT2D eigenvalue weighted by Gasteiger charge is 2.15. The molecule has 0 radical (unpaired) electrons. The molecule has 0 saturated heterocycles. The Labute approximate surface area is 99.1 Å². The van der Waals surface area contributed by atoms with Gasteiger partial charge in [-0.15, -0.1) is 0 Å². The summed E-state index contributed by atoms with van der Waals surface area (Å²) in [7, 11) is -4.09. The van der Waals surface area contributed by atoms with Crippen LogP contribution in [0.1, 0.15) is 5.56 Å². The molecule has 0 unspecified atom stereocenters. The van der Waals surface area contributed by atoms with E-state index < -0.39 is 13.5 Å². The fraction of sp³-hybridized carbons (Fsp3) is 0.100. The highest BCUT2D eigenvalue weighted by Crippen LogP contribution is 2.32. The topological polar surface area (TPSA) is 127 Å². The van der Waals surface area contributed by atoms with Gasteiger partial charge in [0, 0.05) is 6.54 Å². The number of amides is 1. The molecule has 0 spiro atoms. The second-order valence-corrected chi connectivity index (χ2v) is 4.63. The normalized spacial score (nSPS) is 10.1. The van der Waals surface area contributed by atoms with Crippen LogP contribution >= 0.6 is 7.60 Å². The standard InChI is InChI=1S/C7H10NO3P.C3H5NO/c8-5-6-1-3-7(4-2-6)12(9,10)11;1-2-3(4)5/h1-4H,5,8H2,(H2,9,10,11);2H,1H2,(H2,4,5). The lowest BCUT2D eigenvalue weighted by Gasteiger charge is -2.03. The van der Waals surface area contributed by atoms with Crippen molar-refractivity contribution >= 4 is 18.8 Å². The van der Waals surface area contributed by atoms with Crippen LogP contribution in [0.25, 0.3) is 0 Å². The van der Waals surface area contributed by atoms with Gasteiger partial charge in [0.2, 0.25) is 5.91 Å². The Balaban J connectivity index is 0.000000437. The van der Waals surface area contributed by atoms with Gasteiger partial charge in [0.25, 0.3) is 0 Å². The number of carbonyl (C=O) groups excluding carboxylic acids is 1. The van der Waals surface area contributed by atoms with Crippen molar-refractivity contribution in [2.45, 2.75) is 6.54 Å². The van der Waals surface area contributed by atoms with Crippen molar-refractivity contribution in [3.05, 3.63) is 42.5 Å². The molecule has 6 N–H and O–H groups in total. The molecule has 0 fully saturated rings. The van der Waals surface area contributed by atoms with Crippen molar-refractivity contribution in [1.82, 2.24) is 0 Å². The molecule has 0 heterocycles. The van der Waals surface area contributed by atoms with Gasteiger partial charge in [-0.1, -0.05) is 18.7 Å². The Morgan fingerprint density at radius 2 is 1.76 bits per heavy atom. The molecule has 0 aliphatic heterocycles. The summed E-state index contributed by atoms with van der Waals surface area (Å²) < 4.78 is 10.7. The van der Waals surface area contributed by atoms with E-state index in [0.29, 0.717) is 6.54 Å². The average Bonchev–Trinajstić information content (AvgIpc) is 2.29. The summed E-state index contributed by atoms with van der Waals surface area (Å²) in [6, 6.07) is 5.99. The molecule has 0 atom stereocenters. The third-order valence-electron chi connectivity index (χ3n) is 1.71. The Morgan fingerprint density at radius 1 is 1.35 bits per heavy atom. The maximum Gasteiger partial charge on any atom is 0.356 e. The van der Waals surface area contributed by atoms with Gasteiger partial charge in [0.15, 0.2) is 0 Å². The van der Waals surface area contributed by atoms with Crippen molar-refractivity contribution < 1.29 is 19.1 Å². The van der Waals surface area contributed by atoms with Crippen LogP contribution in [-0.4, -0.2) is 15.7 Å². The maximum absolute atomic E-state index is 10.7. The van der Waals surface area contributed by atoms with E-state index in [2.05, 4.69) is 12.3 Å². The van der Waals surface area contributed by atoms with Gasteiger partial charge in [0.1, 0.15) is 0 Å². The minimum Gasteiger partial charge on any atom is -0.366 e. The molecule has 7 heteroatoms. The van der Waals surface area contributed by atoms with E-state index in [1.807, 2.05) is 0 Å². The van der Waals surface area contributed by atoms with Gasteiger partial charge in [-0.05, 0) is 23.8 Å². The Bertz CT molecular complexity index is 424. The first-order valence-corrected chi connectivity index (χ1v) is 6.19. The molecule has 1 aromatic rings. The predicted molar refractivity (Wildman–Crippen MR) is 65.4 cm³/mol. The first kappa shape index (κ1) is 15.5. The van der Waals surface area contributed by atoms with Crippen LogP contribution in [0.2, 0.25) is 0 Å². The summed E-state index contributed by atoms with van der Waals surface area (Å²) >= 11 is 0. The molecule has 0 bridgehead atoms. The molecule has 0 aromatic heterocycles. The lowest BCUT2D eigenvalue weighted by atomic mass is 10.2. The summed E-state index contributed by atoms with van der Waals surface area (Å²) in [5.74, 6) is -0.481. The molecule has 1 aromatic carbocycles. The van der Waals surface area contributed by atoms with E-state index in [9.17, 15) is 9.36 Å². The molecule has 0 saturated carbocycles. The number of primary amides is 1. The number of carbonyl (C=O) groups is 1. The lowest BCUT2D eigenvalue weighted by Crippen LogP contribution is -2.04. The minimum absolute atomic E-state index is 0.0275. The van der Waals surface area contributed by atoms with Crippen LogP contribution in [-0.2, 0) is 15.9 Å². The summed E-state index contributed by atoms with van der Waals surface area (Å²) in [4.78, 5) is 26.9. The van der Waals surface area contributed by atoms with Crippen molar-refractivity contribution in [3.63, 3.8) is 0 Å². The number of hydrogen-bond donors (Lipinski definition) is 4. The summed E-state index contributed by atoms with van der Waals surface area (Å²) in [5, 5.41) is 0.0275. The van der Waals surface area contributed by atoms with E-state index in [4.69, 9.17) is 15.5 Å². The van der Waals surface area contributed by atoms with Gasteiger partial charge < -0.3 is 21.3 Å². The lowest BCUT2D eigenvalue weighted by molar-refractivity contribution is -0.113. The monoisotopic (exact) mass is 258 g/mol. The van der Waals surface area contributed by atoms with Crippen LogP contribution in [0.3, 0.4) is 0 Å². The molecule has 17 heavy (non-hydrogen) atoms. The second kappa shape index (κ2) is 6.98. The number of hydrogen-bond acceptors (Lipinski definition) is 3. The number of benzene rings is 1. The van der Waals surface area contributed by atoms with Gasteiger partial charge in [-0.3, -0.25) is 9.36 Å². The predicted octanol–water partition coefficient (Wildman–Crippen LogP) is -0.394. The van der Waals surface area contributed by atoms with Crippen molar-refractivity contribution in [2.24, 2.45) is 11.5 Å². The Hall–Kier alpha value is -1.46. The molecule has 0 aliphatic rings. The van der Waals surface area contributed by atoms with Gasteiger partial charge in [-0.2, -0.15) is 0 Å². The molecule has 94 valence electrons. The Morgan fingerprint density at radius 3 is 2.00 bits per heavy atom. The van der Waals surface area contributed by atoms with E-state index >= 15 is 0 Å². The largest absolute Gasteiger partial charge is 0.366 e. The third-order valence-corrected chi connectivity index (χ3v) is 2.68. The van der Waals surface area contributed by atoms with E-state index in [1.165, 1.54) is 12.1 Å². The maximum atomic E-state index is 10.7. The first-order chi connectivity index (χ1) is 7.81. The molecule has 1 amide bonds. The van der Waals surface area contributed by atoms with Crippen LogP contribution < -0.4 is 16.8 Å². The quantitative estimate of drug-likeness (QED) is 0.433. The van der Waals surface area contributed by atoms with Gasteiger partial charge in [-0.25, -0.2) is 0 Å². The highest BCUT2D eigenvalue weighted by molar-refractivity contribution is 7.60. The molecule has 6 nitrogen and oxygen atoms in total. The van der Waals surface area contributed by atoms with E-state index in [0.717, 1.165) is 11.6 Å². The Kier molecular flexibility index (Phi) is 6.38. The smallest absolute Gasteiger partial charge is 0.356 e. The summed E-state index contributed by atoms with van der Waals surface area (Å²) in [5.41, 5.74) is 10.7. The van der Waals surface area contributed by atoms with Crippen LogP contribution in [0.4, 0.5) is 0 Å². The summed E-state index contributed by atoms with van der Waals surface area (Å²) in [6.07, 6.45) is 1.06. The molecular weight excluding hydrogens is 243 g/mol. The minimum atomic E-state index is -4.09. The van der Waals surface area contributed by atoms with Crippen molar-refractivity contribution in [1.29, 1.82) is 0 Å². The zero-order valence-corrected chi connectivity index (χ0v) is 10.0. The van der Waals surface area contributed by atoms with Crippen molar-refractivity contribution in [2.75, 3.05) is 0 Å². The fourth-order valence-corrected chi connectivity index (χ4v) is 1.36. The van der Waals surface area contributed by atoms with Gasteiger partial charge in [0.05, 0.1) is 5.30 Å². The van der Waals surface area contributed by atoms with E-state index in [-0.39, 0.29) is 5.30 Å². The average molecular weight is 258 g/mol. The highest BCUT2D eigenvalue weighted by atomic mass is 31.2. The van der Waals surface area contributed by atoms with Crippen LogP contribution in [0, 0.1) is 0 Å². The van der Waals surface area contributed by atoms with E-state index in [1.54, 1.807) is 12.1 Å². The SMILES string of the molecule is C=CC(N)=O.NCc1ccc(P(=O)(O)O)cc1. The van der Waals surface area contributed by atoms with Crippen molar-refractivity contribution in [3.8, 4) is 0 Å². The molecule has 1 rings (SSSR count). The molecular formula is C10H15N2O4P. The van der Waals surface area contributed by atoms with Crippen LogP contribution in [0.5, 0.6) is 0 Å². The third kappa shape index (κ3) is 6.65. The second-order valence-electron chi connectivity index (χ2n) is 3.02. The van der Waals surface area contributed by atoms with Gasteiger partial charge >= 0.3 is 7.60 Å². The zero-order chi connectivity index (χ0) is 13.5. The molecule has 0 aliphatic carbocycles. The number of nitrogens with two attached hydrogens (primary N) is 2. The van der Waals surface area contributed by atoms with Crippen LogP contribution in [0.15, 0.2) is 36.9 Å².